The quantitative estimate of drug-likeness (QED) is 0.930. The third kappa shape index (κ3) is 3.52. The van der Waals surface area contributed by atoms with Crippen molar-refractivity contribution in [2.45, 2.75) is 33.1 Å². The SMILES string of the molecule is CN(C)CC(=O)Nc1ccc2c(=O)c3c(sc2c1)CC(C)(C)CC3. The summed E-state index contributed by atoms with van der Waals surface area (Å²) in [4.78, 5) is 27.7. The average molecular weight is 344 g/mol. The highest BCUT2D eigenvalue weighted by Crippen LogP contribution is 2.37. The topological polar surface area (TPSA) is 49.4 Å². The molecule has 0 saturated carbocycles. The van der Waals surface area contributed by atoms with Gasteiger partial charge in [0.05, 0.1) is 6.54 Å². The van der Waals surface area contributed by atoms with Crippen LogP contribution in [-0.2, 0) is 17.6 Å². The van der Waals surface area contributed by atoms with E-state index >= 15 is 0 Å². The van der Waals surface area contributed by atoms with Crippen LogP contribution in [0.3, 0.4) is 0 Å². The van der Waals surface area contributed by atoms with Crippen LogP contribution in [0.5, 0.6) is 0 Å². The number of amides is 1. The molecule has 4 nitrogen and oxygen atoms in total. The van der Waals surface area contributed by atoms with Crippen molar-refractivity contribution in [3.05, 3.63) is 38.9 Å². The van der Waals surface area contributed by atoms with Crippen LogP contribution < -0.4 is 10.7 Å². The van der Waals surface area contributed by atoms with Crippen molar-refractivity contribution >= 4 is 33.0 Å². The normalized spacial score (nSPS) is 16.2. The monoisotopic (exact) mass is 344 g/mol. The number of nitrogens with one attached hydrogen (secondary N) is 1. The van der Waals surface area contributed by atoms with Gasteiger partial charge in [-0.05, 0) is 57.0 Å². The Hall–Kier alpha value is -1.72. The molecule has 24 heavy (non-hydrogen) atoms. The Bertz CT molecular complexity index is 852. The summed E-state index contributed by atoms with van der Waals surface area (Å²) in [5.41, 5.74) is 2.16. The van der Waals surface area contributed by atoms with Gasteiger partial charge < -0.3 is 10.2 Å². The van der Waals surface area contributed by atoms with Gasteiger partial charge in [0.2, 0.25) is 5.91 Å². The van der Waals surface area contributed by atoms with Crippen molar-refractivity contribution in [2.75, 3.05) is 26.0 Å². The van der Waals surface area contributed by atoms with Crippen molar-refractivity contribution < 1.29 is 4.79 Å². The molecule has 0 unspecified atom stereocenters. The van der Waals surface area contributed by atoms with Gasteiger partial charge in [0.15, 0.2) is 5.43 Å². The Kier molecular flexibility index (Phi) is 4.49. The number of rotatable bonds is 3. The number of fused-ring (bicyclic) bond motifs is 2. The molecule has 128 valence electrons. The van der Waals surface area contributed by atoms with Gasteiger partial charge in [-0.1, -0.05) is 13.8 Å². The Morgan fingerprint density at radius 1 is 1.33 bits per heavy atom. The van der Waals surface area contributed by atoms with Crippen LogP contribution >= 0.6 is 11.3 Å². The summed E-state index contributed by atoms with van der Waals surface area (Å²) < 4.78 is 0.958. The molecular weight excluding hydrogens is 320 g/mol. The summed E-state index contributed by atoms with van der Waals surface area (Å²) in [6.07, 6.45) is 2.89. The minimum atomic E-state index is -0.0502. The van der Waals surface area contributed by atoms with Gasteiger partial charge >= 0.3 is 0 Å². The van der Waals surface area contributed by atoms with Gasteiger partial charge in [0.25, 0.3) is 0 Å². The molecule has 0 fully saturated rings. The fraction of sp³-hybridized carbons (Fsp3) is 0.474. The number of anilines is 1. The molecule has 1 aliphatic rings. The Labute approximate surface area is 146 Å². The molecule has 1 aliphatic carbocycles. The standard InChI is InChI=1S/C19H24N2O2S/c1-19(2)8-7-14-16(10-19)24-15-9-12(5-6-13(15)18(14)23)20-17(22)11-21(3)4/h5-6,9H,7-8,10-11H2,1-4H3,(H,20,22). The van der Waals surface area contributed by atoms with E-state index in [1.54, 1.807) is 11.3 Å². The second-order valence-corrected chi connectivity index (χ2v) is 8.81. The largest absolute Gasteiger partial charge is 0.325 e. The number of carbonyl (C=O) groups excluding carboxylic acids is 1. The maximum atomic E-state index is 12.8. The molecule has 1 amide bonds. The summed E-state index contributed by atoms with van der Waals surface area (Å²) in [6.45, 7) is 4.86. The lowest BCUT2D eigenvalue weighted by atomic mass is 9.77. The minimum absolute atomic E-state index is 0.0502. The maximum absolute atomic E-state index is 12.8. The van der Waals surface area contributed by atoms with E-state index in [9.17, 15) is 9.59 Å². The number of nitrogens with zero attached hydrogens (tertiary/aromatic N) is 1. The molecule has 1 aromatic carbocycles. The van der Waals surface area contributed by atoms with Crippen LogP contribution in [0.4, 0.5) is 5.69 Å². The maximum Gasteiger partial charge on any atom is 0.238 e. The molecule has 1 heterocycles. The van der Waals surface area contributed by atoms with Gasteiger partial charge in [-0.3, -0.25) is 9.59 Å². The van der Waals surface area contributed by atoms with E-state index in [4.69, 9.17) is 0 Å². The molecule has 1 aromatic heterocycles. The van der Waals surface area contributed by atoms with Gasteiger partial charge in [0.1, 0.15) is 0 Å². The Morgan fingerprint density at radius 2 is 2.08 bits per heavy atom. The average Bonchev–Trinajstić information content (AvgIpc) is 2.44. The highest BCUT2D eigenvalue weighted by Gasteiger charge is 2.28. The summed E-state index contributed by atoms with van der Waals surface area (Å²) >= 11 is 1.70. The fourth-order valence-electron chi connectivity index (χ4n) is 3.23. The molecule has 0 bridgehead atoms. The van der Waals surface area contributed by atoms with Crippen LogP contribution in [-0.4, -0.2) is 31.4 Å². The van der Waals surface area contributed by atoms with Gasteiger partial charge in [-0.15, -0.1) is 11.3 Å². The predicted molar refractivity (Wildman–Crippen MR) is 101 cm³/mol. The Morgan fingerprint density at radius 3 is 2.79 bits per heavy atom. The van der Waals surface area contributed by atoms with Crippen molar-refractivity contribution in [2.24, 2.45) is 5.41 Å². The van der Waals surface area contributed by atoms with Crippen LogP contribution in [0.25, 0.3) is 10.1 Å². The van der Waals surface area contributed by atoms with Gasteiger partial charge in [0, 0.05) is 26.2 Å². The van der Waals surface area contributed by atoms with Crippen LogP contribution in [0, 0.1) is 5.41 Å². The minimum Gasteiger partial charge on any atom is -0.325 e. The van der Waals surface area contributed by atoms with E-state index in [2.05, 4.69) is 19.2 Å². The Balaban J connectivity index is 1.98. The van der Waals surface area contributed by atoms with Crippen molar-refractivity contribution in [3.63, 3.8) is 0 Å². The molecule has 2 aromatic rings. The molecular formula is C19H24N2O2S. The first-order valence-corrected chi connectivity index (χ1v) is 9.10. The number of hydrogen-bond donors (Lipinski definition) is 1. The highest BCUT2D eigenvalue weighted by atomic mass is 32.1. The molecule has 0 aliphatic heterocycles. The number of benzene rings is 1. The first kappa shape index (κ1) is 17.1. The van der Waals surface area contributed by atoms with Crippen molar-refractivity contribution in [1.82, 2.24) is 4.90 Å². The second kappa shape index (κ2) is 6.30. The molecule has 5 heteroatoms. The predicted octanol–water partition coefficient (Wildman–Crippen LogP) is 3.28. The third-order valence-corrected chi connectivity index (χ3v) is 5.70. The van der Waals surface area contributed by atoms with Gasteiger partial charge in [-0.25, -0.2) is 0 Å². The van der Waals surface area contributed by atoms with Crippen LogP contribution in [0.1, 0.15) is 30.7 Å². The lowest BCUT2D eigenvalue weighted by molar-refractivity contribution is -0.116. The summed E-state index contributed by atoms with van der Waals surface area (Å²) in [5.74, 6) is -0.0502. The molecule has 0 radical (unpaired) electrons. The molecule has 0 saturated heterocycles. The zero-order chi connectivity index (χ0) is 17.5. The zero-order valence-electron chi connectivity index (χ0n) is 14.7. The smallest absolute Gasteiger partial charge is 0.238 e. The van der Waals surface area contributed by atoms with E-state index in [1.807, 2.05) is 37.2 Å². The lowest BCUT2D eigenvalue weighted by Crippen LogP contribution is -2.27. The fourth-order valence-corrected chi connectivity index (χ4v) is 4.73. The van der Waals surface area contributed by atoms with E-state index < -0.39 is 0 Å². The number of likely N-dealkylation sites (N-methyl/N-ethyl adjacent to an activating group) is 1. The second-order valence-electron chi connectivity index (χ2n) is 7.67. The summed E-state index contributed by atoms with van der Waals surface area (Å²) in [5, 5.41) is 3.67. The van der Waals surface area contributed by atoms with Gasteiger partial charge in [-0.2, -0.15) is 0 Å². The third-order valence-electron chi connectivity index (χ3n) is 4.50. The molecule has 0 atom stereocenters. The zero-order valence-corrected chi connectivity index (χ0v) is 15.5. The lowest BCUT2D eigenvalue weighted by Gasteiger charge is -2.30. The van der Waals surface area contributed by atoms with Crippen LogP contribution in [0.2, 0.25) is 0 Å². The first-order chi connectivity index (χ1) is 11.2. The first-order valence-electron chi connectivity index (χ1n) is 8.28. The van der Waals surface area contributed by atoms with E-state index in [0.717, 1.165) is 40.6 Å². The molecule has 3 rings (SSSR count). The number of carbonyl (C=O) groups is 1. The summed E-state index contributed by atoms with van der Waals surface area (Å²) in [6, 6.07) is 5.60. The van der Waals surface area contributed by atoms with E-state index in [-0.39, 0.29) is 16.8 Å². The number of hydrogen-bond acceptors (Lipinski definition) is 4. The molecule has 0 spiro atoms. The van der Waals surface area contributed by atoms with Crippen molar-refractivity contribution in [3.8, 4) is 0 Å². The highest BCUT2D eigenvalue weighted by molar-refractivity contribution is 7.18. The van der Waals surface area contributed by atoms with E-state index in [0.29, 0.717) is 6.54 Å². The van der Waals surface area contributed by atoms with Crippen molar-refractivity contribution in [1.29, 1.82) is 0 Å². The van der Waals surface area contributed by atoms with E-state index in [1.165, 1.54) is 4.88 Å². The summed E-state index contributed by atoms with van der Waals surface area (Å²) in [7, 11) is 3.72. The molecule has 1 N–H and O–H groups in total. The van der Waals surface area contributed by atoms with Crippen LogP contribution in [0.15, 0.2) is 23.0 Å².